The standard InChI is InChI=1S/C12H9FO4/c1-6(14)9-10(15)12(16)17-11(9)7-3-2-4-8(13)5-7/h2-5,9,11H,1H3. The fourth-order valence-electron chi connectivity index (χ4n) is 1.85. The molecule has 0 aliphatic carbocycles. The summed E-state index contributed by atoms with van der Waals surface area (Å²) in [5, 5.41) is 0. The zero-order chi connectivity index (χ0) is 12.6. The van der Waals surface area contributed by atoms with E-state index in [0.717, 1.165) is 6.07 Å². The Balaban J connectivity index is 2.41. The maximum atomic E-state index is 13.0. The highest BCUT2D eigenvalue weighted by Gasteiger charge is 2.47. The van der Waals surface area contributed by atoms with Gasteiger partial charge < -0.3 is 4.74 Å². The lowest BCUT2D eigenvalue weighted by molar-refractivity contribution is -0.149. The normalized spacial score (nSPS) is 23.6. The number of benzene rings is 1. The highest BCUT2D eigenvalue weighted by Crippen LogP contribution is 2.33. The Morgan fingerprint density at radius 1 is 1.35 bits per heavy atom. The van der Waals surface area contributed by atoms with Crippen molar-refractivity contribution in [1.82, 2.24) is 0 Å². The van der Waals surface area contributed by atoms with Crippen LogP contribution in [0.15, 0.2) is 24.3 Å². The van der Waals surface area contributed by atoms with Gasteiger partial charge in [-0.1, -0.05) is 12.1 Å². The smallest absolute Gasteiger partial charge is 0.376 e. The fraction of sp³-hybridized carbons (Fsp3) is 0.250. The number of rotatable bonds is 2. The minimum Gasteiger partial charge on any atom is -0.450 e. The van der Waals surface area contributed by atoms with Crippen molar-refractivity contribution in [2.45, 2.75) is 13.0 Å². The summed E-state index contributed by atoms with van der Waals surface area (Å²) in [5.41, 5.74) is 0.310. The molecule has 1 heterocycles. The number of hydrogen-bond donors (Lipinski definition) is 0. The highest BCUT2D eigenvalue weighted by molar-refractivity contribution is 6.40. The number of cyclic esters (lactones) is 1. The Hall–Kier alpha value is -2.04. The lowest BCUT2D eigenvalue weighted by atomic mass is 9.91. The average molecular weight is 236 g/mol. The van der Waals surface area contributed by atoms with Crippen LogP contribution in [-0.4, -0.2) is 17.5 Å². The molecule has 88 valence electrons. The van der Waals surface area contributed by atoms with E-state index in [9.17, 15) is 18.8 Å². The topological polar surface area (TPSA) is 60.4 Å². The molecule has 0 amide bonds. The maximum absolute atomic E-state index is 13.0. The van der Waals surface area contributed by atoms with Gasteiger partial charge in [-0.2, -0.15) is 0 Å². The lowest BCUT2D eigenvalue weighted by Gasteiger charge is -2.13. The van der Waals surface area contributed by atoms with Crippen molar-refractivity contribution in [2.75, 3.05) is 0 Å². The summed E-state index contributed by atoms with van der Waals surface area (Å²) >= 11 is 0. The Labute approximate surface area is 96.4 Å². The van der Waals surface area contributed by atoms with Crippen molar-refractivity contribution in [2.24, 2.45) is 5.92 Å². The predicted molar refractivity (Wildman–Crippen MR) is 54.4 cm³/mol. The molecule has 1 fully saturated rings. The van der Waals surface area contributed by atoms with Crippen LogP contribution >= 0.6 is 0 Å². The Bertz CT molecular complexity index is 509. The number of ketones is 2. The number of esters is 1. The zero-order valence-corrected chi connectivity index (χ0v) is 8.98. The summed E-state index contributed by atoms with van der Waals surface area (Å²) in [6.45, 7) is 1.21. The van der Waals surface area contributed by atoms with Crippen molar-refractivity contribution < 1.29 is 23.5 Å². The molecule has 5 heteroatoms. The molecule has 0 saturated carbocycles. The van der Waals surface area contributed by atoms with Gasteiger partial charge in [0.15, 0.2) is 0 Å². The third kappa shape index (κ3) is 1.95. The van der Waals surface area contributed by atoms with Crippen LogP contribution in [0.3, 0.4) is 0 Å². The summed E-state index contributed by atoms with van der Waals surface area (Å²) in [4.78, 5) is 33.9. The molecule has 2 rings (SSSR count). The molecule has 2 unspecified atom stereocenters. The van der Waals surface area contributed by atoms with E-state index in [1.54, 1.807) is 0 Å². The van der Waals surface area contributed by atoms with Crippen LogP contribution in [0.25, 0.3) is 0 Å². The molecule has 4 nitrogen and oxygen atoms in total. The second kappa shape index (κ2) is 4.08. The summed E-state index contributed by atoms with van der Waals surface area (Å²) in [5.74, 6) is -4.05. The number of ether oxygens (including phenoxy) is 1. The summed E-state index contributed by atoms with van der Waals surface area (Å²) in [6.07, 6.45) is -1.01. The van der Waals surface area contributed by atoms with Crippen molar-refractivity contribution in [1.29, 1.82) is 0 Å². The minimum atomic E-state index is -1.16. The predicted octanol–water partition coefficient (Wildman–Crippen LogP) is 1.20. The van der Waals surface area contributed by atoms with E-state index in [2.05, 4.69) is 0 Å². The average Bonchev–Trinajstić information content (AvgIpc) is 2.55. The van der Waals surface area contributed by atoms with Crippen LogP contribution < -0.4 is 0 Å². The van der Waals surface area contributed by atoms with E-state index in [1.165, 1.54) is 25.1 Å². The minimum absolute atomic E-state index is 0.310. The van der Waals surface area contributed by atoms with Crippen LogP contribution in [0.5, 0.6) is 0 Å². The number of carbonyl (C=O) groups excluding carboxylic acids is 3. The van der Waals surface area contributed by atoms with Gasteiger partial charge >= 0.3 is 5.97 Å². The number of halogens is 1. The molecule has 1 aliphatic heterocycles. The quantitative estimate of drug-likeness (QED) is 0.439. The first-order valence-electron chi connectivity index (χ1n) is 5.01. The van der Waals surface area contributed by atoms with Gasteiger partial charge in [-0.3, -0.25) is 9.59 Å². The monoisotopic (exact) mass is 236 g/mol. The van der Waals surface area contributed by atoms with Crippen LogP contribution in [0, 0.1) is 11.7 Å². The molecule has 1 aromatic rings. The lowest BCUT2D eigenvalue weighted by Crippen LogP contribution is -2.23. The van der Waals surface area contributed by atoms with Crippen LogP contribution in [0.4, 0.5) is 4.39 Å². The van der Waals surface area contributed by atoms with Gasteiger partial charge in [-0.15, -0.1) is 0 Å². The van der Waals surface area contributed by atoms with E-state index >= 15 is 0 Å². The molecule has 1 aliphatic rings. The largest absolute Gasteiger partial charge is 0.450 e. The third-order valence-electron chi connectivity index (χ3n) is 2.64. The molecular weight excluding hydrogens is 227 g/mol. The van der Waals surface area contributed by atoms with Gasteiger partial charge in [0.25, 0.3) is 5.78 Å². The number of carbonyl (C=O) groups is 3. The van der Waals surface area contributed by atoms with E-state index in [-0.39, 0.29) is 0 Å². The summed E-state index contributed by atoms with van der Waals surface area (Å²) < 4.78 is 17.8. The van der Waals surface area contributed by atoms with Gasteiger partial charge in [-0.25, -0.2) is 9.18 Å². The molecule has 0 bridgehead atoms. The Morgan fingerprint density at radius 3 is 2.65 bits per heavy atom. The molecule has 2 atom stereocenters. The number of Topliss-reactive ketones (excluding diaryl/α,β-unsaturated/α-hetero) is 2. The Morgan fingerprint density at radius 2 is 2.06 bits per heavy atom. The highest BCUT2D eigenvalue weighted by atomic mass is 19.1. The van der Waals surface area contributed by atoms with Crippen LogP contribution in [-0.2, 0) is 19.1 Å². The van der Waals surface area contributed by atoms with E-state index < -0.39 is 35.4 Å². The van der Waals surface area contributed by atoms with Crippen molar-refractivity contribution >= 4 is 17.5 Å². The maximum Gasteiger partial charge on any atom is 0.376 e. The van der Waals surface area contributed by atoms with Crippen molar-refractivity contribution in [3.05, 3.63) is 35.6 Å². The first-order valence-corrected chi connectivity index (χ1v) is 5.01. The first kappa shape index (κ1) is 11.4. The van der Waals surface area contributed by atoms with E-state index in [0.29, 0.717) is 5.56 Å². The van der Waals surface area contributed by atoms with Crippen molar-refractivity contribution in [3.63, 3.8) is 0 Å². The van der Waals surface area contributed by atoms with Gasteiger partial charge in [0.1, 0.15) is 23.6 Å². The second-order valence-electron chi connectivity index (χ2n) is 3.83. The molecule has 0 aromatic heterocycles. The second-order valence-corrected chi connectivity index (χ2v) is 3.83. The molecule has 0 N–H and O–H groups in total. The molecule has 17 heavy (non-hydrogen) atoms. The molecule has 1 aromatic carbocycles. The SMILES string of the molecule is CC(=O)C1C(=O)C(=O)OC1c1cccc(F)c1. The van der Waals surface area contributed by atoms with Gasteiger partial charge in [0.05, 0.1) is 0 Å². The van der Waals surface area contributed by atoms with E-state index in [1.807, 2.05) is 0 Å². The molecular formula is C12H9FO4. The summed E-state index contributed by atoms with van der Waals surface area (Å²) in [6, 6.07) is 5.31. The fourth-order valence-corrected chi connectivity index (χ4v) is 1.85. The molecule has 0 radical (unpaired) electrons. The van der Waals surface area contributed by atoms with Crippen LogP contribution in [0.1, 0.15) is 18.6 Å². The van der Waals surface area contributed by atoms with E-state index in [4.69, 9.17) is 4.74 Å². The first-order chi connectivity index (χ1) is 8.00. The van der Waals surface area contributed by atoms with Gasteiger partial charge in [0.2, 0.25) is 0 Å². The molecule has 1 saturated heterocycles. The number of hydrogen-bond acceptors (Lipinski definition) is 4. The zero-order valence-electron chi connectivity index (χ0n) is 8.98. The van der Waals surface area contributed by atoms with Gasteiger partial charge in [-0.05, 0) is 24.6 Å². The van der Waals surface area contributed by atoms with Crippen LogP contribution in [0.2, 0.25) is 0 Å². The summed E-state index contributed by atoms with van der Waals surface area (Å²) in [7, 11) is 0. The van der Waals surface area contributed by atoms with Gasteiger partial charge in [0, 0.05) is 0 Å². The third-order valence-corrected chi connectivity index (χ3v) is 2.64. The Kier molecular flexibility index (Phi) is 2.75. The van der Waals surface area contributed by atoms with Crippen molar-refractivity contribution in [3.8, 4) is 0 Å². The molecule has 0 spiro atoms.